The summed E-state index contributed by atoms with van der Waals surface area (Å²) < 4.78 is 77.1. The van der Waals surface area contributed by atoms with Gasteiger partial charge in [0.1, 0.15) is 10.7 Å². The lowest BCUT2D eigenvalue weighted by Gasteiger charge is -2.14. The predicted molar refractivity (Wildman–Crippen MR) is 95.2 cm³/mol. The lowest BCUT2D eigenvalue weighted by Crippen LogP contribution is -2.27. The Morgan fingerprint density at radius 3 is 2.52 bits per heavy atom. The third kappa shape index (κ3) is 3.55. The lowest BCUT2D eigenvalue weighted by molar-refractivity contribution is -0.137. The van der Waals surface area contributed by atoms with Gasteiger partial charge in [0.15, 0.2) is 5.76 Å². The summed E-state index contributed by atoms with van der Waals surface area (Å²) in [7, 11) is -3.73. The Balaban J connectivity index is 1.70. The third-order valence-corrected chi connectivity index (χ3v) is 6.67. The molecule has 11 heteroatoms. The Hall–Kier alpha value is -2.66. The second-order valence-corrected chi connectivity index (χ2v) is 8.52. The zero-order valence-electron chi connectivity index (χ0n) is 15.2. The van der Waals surface area contributed by atoms with Crippen molar-refractivity contribution in [2.75, 3.05) is 13.1 Å². The lowest BCUT2D eigenvalue weighted by atomic mass is 10.1. The topological polar surface area (TPSA) is 89.4 Å². The SMILES string of the molecule is Cc1oc(-c2nc(-c3ccccc3C(F)(F)F)no2)cc1S(=O)(=O)N1CCCC1. The van der Waals surface area contributed by atoms with Crippen molar-refractivity contribution in [2.45, 2.75) is 30.8 Å². The number of benzene rings is 1. The molecule has 0 atom stereocenters. The third-order valence-electron chi connectivity index (χ3n) is 4.67. The molecule has 3 aromatic rings. The Morgan fingerprint density at radius 2 is 1.83 bits per heavy atom. The van der Waals surface area contributed by atoms with Crippen LogP contribution in [0.25, 0.3) is 23.0 Å². The normalized spacial score (nSPS) is 15.9. The fourth-order valence-corrected chi connectivity index (χ4v) is 4.93. The molecule has 0 spiro atoms. The number of rotatable bonds is 4. The molecule has 3 heterocycles. The van der Waals surface area contributed by atoms with E-state index in [1.54, 1.807) is 0 Å². The van der Waals surface area contributed by atoms with Gasteiger partial charge in [-0.3, -0.25) is 0 Å². The number of hydrogen-bond acceptors (Lipinski definition) is 6. The molecule has 2 aromatic heterocycles. The highest BCUT2D eigenvalue weighted by atomic mass is 32.2. The first-order valence-corrected chi connectivity index (χ1v) is 10.2. The van der Waals surface area contributed by atoms with Gasteiger partial charge in [0.25, 0.3) is 5.89 Å². The minimum Gasteiger partial charge on any atom is -0.455 e. The molecule has 7 nitrogen and oxygen atoms in total. The van der Waals surface area contributed by atoms with Crippen LogP contribution in [-0.2, 0) is 16.2 Å². The van der Waals surface area contributed by atoms with Crippen molar-refractivity contribution in [3.8, 4) is 23.0 Å². The fraction of sp³-hybridized carbons (Fsp3) is 0.333. The smallest absolute Gasteiger partial charge is 0.417 e. The molecule has 154 valence electrons. The Morgan fingerprint density at radius 1 is 1.14 bits per heavy atom. The van der Waals surface area contributed by atoms with Crippen LogP contribution in [0.3, 0.4) is 0 Å². The molecule has 0 saturated carbocycles. The minimum absolute atomic E-state index is 0.0233. The Labute approximate surface area is 164 Å². The van der Waals surface area contributed by atoms with Crippen molar-refractivity contribution in [3.63, 3.8) is 0 Å². The highest BCUT2D eigenvalue weighted by Crippen LogP contribution is 2.37. The molecule has 1 aliphatic heterocycles. The van der Waals surface area contributed by atoms with Crippen LogP contribution >= 0.6 is 0 Å². The first-order chi connectivity index (χ1) is 13.7. The number of nitrogens with zero attached hydrogens (tertiary/aromatic N) is 3. The number of aromatic nitrogens is 2. The van der Waals surface area contributed by atoms with Gasteiger partial charge in [-0.15, -0.1) is 0 Å². The highest BCUT2D eigenvalue weighted by molar-refractivity contribution is 7.89. The van der Waals surface area contributed by atoms with Crippen LogP contribution in [-0.4, -0.2) is 36.0 Å². The maximum absolute atomic E-state index is 13.2. The van der Waals surface area contributed by atoms with Gasteiger partial charge >= 0.3 is 6.18 Å². The van der Waals surface area contributed by atoms with Gasteiger partial charge in [0, 0.05) is 24.7 Å². The number of furan rings is 1. The molecule has 0 radical (unpaired) electrons. The molecule has 1 aromatic carbocycles. The van der Waals surface area contributed by atoms with E-state index < -0.39 is 21.8 Å². The number of halogens is 3. The molecule has 1 aliphatic rings. The fourth-order valence-electron chi connectivity index (χ4n) is 3.25. The van der Waals surface area contributed by atoms with Crippen LogP contribution in [0.4, 0.5) is 13.2 Å². The monoisotopic (exact) mass is 427 g/mol. The summed E-state index contributed by atoms with van der Waals surface area (Å²) in [4.78, 5) is 3.96. The van der Waals surface area contributed by atoms with Crippen LogP contribution in [0, 0.1) is 6.92 Å². The van der Waals surface area contributed by atoms with Crippen LogP contribution in [0.2, 0.25) is 0 Å². The molecular weight excluding hydrogens is 411 g/mol. The van der Waals surface area contributed by atoms with Gasteiger partial charge in [0.2, 0.25) is 15.8 Å². The van der Waals surface area contributed by atoms with Gasteiger partial charge in [-0.25, -0.2) is 8.42 Å². The van der Waals surface area contributed by atoms with E-state index in [0.29, 0.717) is 13.1 Å². The Kier molecular flexibility index (Phi) is 4.74. The van der Waals surface area contributed by atoms with E-state index >= 15 is 0 Å². The predicted octanol–water partition coefficient (Wildman–Crippen LogP) is 4.11. The summed E-state index contributed by atoms with van der Waals surface area (Å²) >= 11 is 0. The van der Waals surface area contributed by atoms with Crippen molar-refractivity contribution in [3.05, 3.63) is 41.7 Å². The number of hydrogen-bond donors (Lipinski definition) is 0. The van der Waals surface area contributed by atoms with E-state index in [-0.39, 0.29) is 33.7 Å². The van der Waals surface area contributed by atoms with Gasteiger partial charge in [-0.2, -0.15) is 22.5 Å². The summed E-state index contributed by atoms with van der Waals surface area (Å²) in [6.45, 7) is 2.35. The molecule has 0 aliphatic carbocycles. The zero-order valence-corrected chi connectivity index (χ0v) is 16.0. The van der Waals surface area contributed by atoms with E-state index in [4.69, 9.17) is 8.94 Å². The number of sulfonamides is 1. The first kappa shape index (κ1) is 19.6. The molecule has 0 unspecified atom stereocenters. The molecule has 1 fully saturated rings. The Bertz CT molecular complexity index is 1150. The van der Waals surface area contributed by atoms with Crippen LogP contribution in [0.1, 0.15) is 24.2 Å². The molecule has 0 bridgehead atoms. The highest BCUT2D eigenvalue weighted by Gasteiger charge is 2.35. The van der Waals surface area contributed by atoms with Gasteiger partial charge in [-0.05, 0) is 25.8 Å². The quantitative estimate of drug-likeness (QED) is 0.623. The first-order valence-electron chi connectivity index (χ1n) is 8.79. The van der Waals surface area contributed by atoms with Crippen LogP contribution in [0.5, 0.6) is 0 Å². The number of aryl methyl sites for hydroxylation is 1. The van der Waals surface area contributed by atoms with Crippen LogP contribution < -0.4 is 0 Å². The summed E-state index contributed by atoms with van der Waals surface area (Å²) in [5.74, 6) is -0.361. The van der Waals surface area contributed by atoms with E-state index in [2.05, 4.69) is 10.1 Å². The maximum Gasteiger partial charge on any atom is 0.417 e. The largest absolute Gasteiger partial charge is 0.455 e. The van der Waals surface area contributed by atoms with Crippen LogP contribution in [0.15, 0.2) is 44.2 Å². The summed E-state index contributed by atoms with van der Waals surface area (Å²) in [5, 5.41) is 3.61. The van der Waals surface area contributed by atoms with Gasteiger partial charge in [-0.1, -0.05) is 23.4 Å². The maximum atomic E-state index is 13.2. The minimum atomic E-state index is -4.59. The van der Waals surface area contributed by atoms with Crippen molar-refractivity contribution < 1.29 is 30.5 Å². The zero-order chi connectivity index (χ0) is 20.8. The van der Waals surface area contributed by atoms with Gasteiger partial charge in [0.05, 0.1) is 5.56 Å². The molecule has 29 heavy (non-hydrogen) atoms. The molecule has 4 rings (SSSR count). The average molecular weight is 427 g/mol. The summed E-state index contributed by atoms with van der Waals surface area (Å²) in [5.41, 5.74) is -1.15. The molecule has 0 N–H and O–H groups in total. The second kappa shape index (κ2) is 6.99. The van der Waals surface area contributed by atoms with Crippen molar-refractivity contribution >= 4 is 10.0 Å². The van der Waals surface area contributed by atoms with E-state index in [1.165, 1.54) is 35.5 Å². The van der Waals surface area contributed by atoms with Crippen molar-refractivity contribution in [2.24, 2.45) is 0 Å². The number of alkyl halides is 3. The summed E-state index contributed by atoms with van der Waals surface area (Å²) in [6.07, 6.45) is -3.02. The van der Waals surface area contributed by atoms with E-state index in [1.807, 2.05) is 0 Å². The van der Waals surface area contributed by atoms with Gasteiger partial charge < -0.3 is 8.94 Å². The summed E-state index contributed by atoms with van der Waals surface area (Å²) in [6, 6.07) is 6.10. The van der Waals surface area contributed by atoms with E-state index in [0.717, 1.165) is 18.9 Å². The van der Waals surface area contributed by atoms with E-state index in [9.17, 15) is 21.6 Å². The van der Waals surface area contributed by atoms with Crippen molar-refractivity contribution in [1.29, 1.82) is 0 Å². The van der Waals surface area contributed by atoms with Crippen molar-refractivity contribution in [1.82, 2.24) is 14.4 Å². The standard InChI is InChI=1S/C18H16F3N3O4S/c1-11-15(29(25,26)24-8-4-5-9-24)10-14(27-11)17-22-16(23-28-17)12-6-2-3-7-13(12)18(19,20)21/h2-3,6-7,10H,4-5,8-9H2,1H3. The molecule has 1 saturated heterocycles. The molecule has 0 amide bonds. The average Bonchev–Trinajstić information content (AvgIpc) is 3.41. The second-order valence-electron chi connectivity index (χ2n) is 6.61. The molecular formula is C18H16F3N3O4S.